The molecule has 2 aromatic carbocycles. The molecule has 0 saturated carbocycles. The van der Waals surface area contributed by atoms with Crippen molar-refractivity contribution in [2.45, 2.75) is 19.4 Å². The molecular weight excluding hydrogens is 334 g/mol. The van der Waals surface area contributed by atoms with Crippen molar-refractivity contribution in [1.29, 1.82) is 0 Å². The van der Waals surface area contributed by atoms with E-state index in [0.29, 0.717) is 19.0 Å². The highest BCUT2D eigenvalue weighted by Gasteiger charge is 2.36. The van der Waals surface area contributed by atoms with Gasteiger partial charge in [-0.15, -0.1) is 0 Å². The summed E-state index contributed by atoms with van der Waals surface area (Å²) in [6.45, 7) is 7.38. The highest BCUT2D eigenvalue weighted by Crippen LogP contribution is 2.35. The second-order valence-electron chi connectivity index (χ2n) is 6.57. The van der Waals surface area contributed by atoms with Crippen LogP contribution in [0.2, 0.25) is 0 Å². The summed E-state index contributed by atoms with van der Waals surface area (Å²) in [6, 6.07) is 20.5. The summed E-state index contributed by atoms with van der Waals surface area (Å²) in [5, 5.41) is 3.64. The molecule has 0 amide bonds. The molecule has 0 spiro atoms. The van der Waals surface area contributed by atoms with E-state index in [-0.39, 0.29) is 6.04 Å². The van der Waals surface area contributed by atoms with E-state index in [0.717, 1.165) is 40.2 Å². The zero-order valence-corrected chi connectivity index (χ0v) is 15.5. The maximum Gasteiger partial charge on any atom is 0.135 e. The molecule has 0 fully saturated rings. The first-order valence-corrected chi connectivity index (χ1v) is 9.32. The average molecular weight is 357 g/mol. The SMILES string of the molecule is C=C(OCCC)C1=C(c2ccccc2)C2=NCN=C2C(c2ccccc2)N1. The van der Waals surface area contributed by atoms with Gasteiger partial charge in [0.15, 0.2) is 0 Å². The number of benzene rings is 2. The Kier molecular flexibility index (Phi) is 4.88. The zero-order valence-electron chi connectivity index (χ0n) is 15.5. The minimum absolute atomic E-state index is 0.0584. The van der Waals surface area contributed by atoms with E-state index in [9.17, 15) is 0 Å². The fraction of sp³-hybridized carbons (Fsp3) is 0.217. The minimum atomic E-state index is -0.0584. The number of fused-ring (bicyclic) bond motifs is 1. The van der Waals surface area contributed by atoms with Gasteiger partial charge in [0.25, 0.3) is 0 Å². The van der Waals surface area contributed by atoms with Gasteiger partial charge >= 0.3 is 0 Å². The summed E-state index contributed by atoms with van der Waals surface area (Å²) >= 11 is 0. The van der Waals surface area contributed by atoms with Gasteiger partial charge in [-0.05, 0) is 17.5 Å². The Morgan fingerprint density at radius 3 is 2.48 bits per heavy atom. The van der Waals surface area contributed by atoms with Crippen molar-refractivity contribution in [1.82, 2.24) is 5.32 Å². The van der Waals surface area contributed by atoms with Crippen molar-refractivity contribution in [2.24, 2.45) is 9.98 Å². The molecule has 2 aromatic rings. The highest BCUT2D eigenvalue weighted by molar-refractivity contribution is 6.61. The van der Waals surface area contributed by atoms with Crippen LogP contribution >= 0.6 is 0 Å². The second kappa shape index (κ2) is 7.62. The molecule has 2 heterocycles. The Morgan fingerprint density at radius 1 is 1.07 bits per heavy atom. The lowest BCUT2D eigenvalue weighted by atomic mass is 9.86. The lowest BCUT2D eigenvalue weighted by molar-refractivity contribution is 0.218. The quantitative estimate of drug-likeness (QED) is 0.772. The highest BCUT2D eigenvalue weighted by atomic mass is 16.5. The number of nitrogens with zero attached hydrogens (tertiary/aromatic N) is 2. The predicted molar refractivity (Wildman–Crippen MR) is 111 cm³/mol. The molecule has 1 N–H and O–H groups in total. The standard InChI is InChI=1S/C23H23N3O/c1-3-14-27-16(2)20-19(17-10-6-4-7-11-17)22-23(25-15-24-22)21(26-20)18-12-8-5-9-13-18/h4-13,21,26H,2-3,14-15H2,1H3. The summed E-state index contributed by atoms with van der Waals surface area (Å²) in [5.74, 6) is 0.644. The van der Waals surface area contributed by atoms with Crippen LogP contribution in [0.1, 0.15) is 30.5 Å². The molecule has 4 rings (SSSR count). The van der Waals surface area contributed by atoms with Gasteiger partial charge in [-0.3, -0.25) is 9.98 Å². The van der Waals surface area contributed by atoms with Gasteiger partial charge in [-0.1, -0.05) is 74.2 Å². The molecule has 136 valence electrons. The maximum atomic E-state index is 5.91. The van der Waals surface area contributed by atoms with E-state index in [1.165, 1.54) is 0 Å². The normalized spacial score (nSPS) is 18.3. The number of aliphatic imine (C=N–C) groups is 2. The maximum absolute atomic E-state index is 5.91. The van der Waals surface area contributed by atoms with Crippen LogP contribution in [0.25, 0.3) is 5.57 Å². The lowest BCUT2D eigenvalue weighted by Gasteiger charge is -2.31. The van der Waals surface area contributed by atoms with Crippen LogP contribution in [-0.4, -0.2) is 24.7 Å². The predicted octanol–water partition coefficient (Wildman–Crippen LogP) is 4.54. The summed E-state index contributed by atoms with van der Waals surface area (Å²) in [4.78, 5) is 9.42. The van der Waals surface area contributed by atoms with Gasteiger partial charge in [-0.2, -0.15) is 0 Å². The van der Waals surface area contributed by atoms with E-state index < -0.39 is 0 Å². The zero-order chi connectivity index (χ0) is 18.6. The Balaban J connectivity index is 1.84. The van der Waals surface area contributed by atoms with Crippen LogP contribution in [0.5, 0.6) is 0 Å². The third kappa shape index (κ3) is 3.31. The van der Waals surface area contributed by atoms with Crippen LogP contribution in [0.15, 0.2) is 88.7 Å². The van der Waals surface area contributed by atoms with Crippen molar-refractivity contribution in [2.75, 3.05) is 13.3 Å². The Morgan fingerprint density at radius 2 is 1.78 bits per heavy atom. The Labute approximate surface area is 160 Å². The number of allylic oxidation sites excluding steroid dienone is 1. The summed E-state index contributed by atoms with van der Waals surface area (Å²) in [6.07, 6.45) is 0.933. The molecule has 0 aliphatic carbocycles. The van der Waals surface area contributed by atoms with Crippen LogP contribution in [0.4, 0.5) is 0 Å². The van der Waals surface area contributed by atoms with Crippen molar-refractivity contribution in [3.63, 3.8) is 0 Å². The van der Waals surface area contributed by atoms with Gasteiger partial charge in [-0.25, -0.2) is 0 Å². The van der Waals surface area contributed by atoms with Crippen LogP contribution in [0.3, 0.4) is 0 Å². The molecule has 2 aliphatic rings. The lowest BCUT2D eigenvalue weighted by Crippen LogP contribution is -2.39. The van der Waals surface area contributed by atoms with Gasteiger partial charge in [0.2, 0.25) is 0 Å². The van der Waals surface area contributed by atoms with E-state index in [4.69, 9.17) is 14.7 Å². The molecule has 4 heteroatoms. The second-order valence-corrected chi connectivity index (χ2v) is 6.57. The topological polar surface area (TPSA) is 46.0 Å². The molecule has 0 radical (unpaired) electrons. The van der Waals surface area contributed by atoms with Crippen molar-refractivity contribution < 1.29 is 4.74 Å². The summed E-state index contributed by atoms with van der Waals surface area (Å²) < 4.78 is 5.91. The van der Waals surface area contributed by atoms with E-state index >= 15 is 0 Å². The van der Waals surface area contributed by atoms with Crippen molar-refractivity contribution in [3.05, 3.63) is 89.8 Å². The van der Waals surface area contributed by atoms with E-state index in [1.54, 1.807) is 0 Å². The first-order chi connectivity index (χ1) is 13.3. The third-order valence-electron chi connectivity index (χ3n) is 4.72. The molecule has 27 heavy (non-hydrogen) atoms. The number of ether oxygens (including phenoxy) is 1. The van der Waals surface area contributed by atoms with Crippen LogP contribution < -0.4 is 5.32 Å². The van der Waals surface area contributed by atoms with E-state index in [1.807, 2.05) is 36.4 Å². The largest absolute Gasteiger partial charge is 0.492 e. The molecule has 0 aromatic heterocycles. The monoisotopic (exact) mass is 357 g/mol. The third-order valence-corrected chi connectivity index (χ3v) is 4.72. The Bertz CT molecular complexity index is 927. The molecule has 1 unspecified atom stereocenters. The Hall–Kier alpha value is -3.14. The van der Waals surface area contributed by atoms with E-state index in [2.05, 4.69) is 43.1 Å². The molecule has 1 atom stereocenters. The fourth-order valence-electron chi connectivity index (χ4n) is 3.47. The fourth-order valence-corrected chi connectivity index (χ4v) is 3.47. The van der Waals surface area contributed by atoms with Crippen LogP contribution in [0, 0.1) is 0 Å². The number of rotatable bonds is 6. The van der Waals surface area contributed by atoms with Crippen molar-refractivity contribution >= 4 is 17.0 Å². The van der Waals surface area contributed by atoms with Gasteiger partial charge in [0.1, 0.15) is 12.4 Å². The van der Waals surface area contributed by atoms with Gasteiger partial charge < -0.3 is 10.1 Å². The minimum Gasteiger partial charge on any atom is -0.492 e. The molecule has 4 nitrogen and oxygen atoms in total. The number of nitrogens with one attached hydrogen (secondary N) is 1. The van der Waals surface area contributed by atoms with Crippen LogP contribution in [-0.2, 0) is 4.74 Å². The molecule has 0 saturated heterocycles. The molecule has 2 aliphatic heterocycles. The molecular formula is C23H23N3O. The average Bonchev–Trinajstić information content (AvgIpc) is 3.21. The number of hydrogen-bond acceptors (Lipinski definition) is 4. The first kappa shape index (κ1) is 17.3. The van der Waals surface area contributed by atoms with Gasteiger partial charge in [0, 0.05) is 5.57 Å². The van der Waals surface area contributed by atoms with Crippen molar-refractivity contribution in [3.8, 4) is 0 Å². The summed E-state index contributed by atoms with van der Waals surface area (Å²) in [5.41, 5.74) is 6.06. The summed E-state index contributed by atoms with van der Waals surface area (Å²) in [7, 11) is 0. The van der Waals surface area contributed by atoms with Gasteiger partial charge in [0.05, 0.1) is 29.8 Å². The molecule has 0 bridgehead atoms. The first-order valence-electron chi connectivity index (χ1n) is 9.32. The number of hydrogen-bond donors (Lipinski definition) is 1. The smallest absolute Gasteiger partial charge is 0.135 e.